The van der Waals surface area contributed by atoms with Crippen molar-refractivity contribution in [2.24, 2.45) is 0 Å². The molecule has 0 radical (unpaired) electrons. The molecule has 0 fully saturated rings. The van der Waals surface area contributed by atoms with Crippen molar-refractivity contribution in [3.8, 4) is 0 Å². The molecule has 0 aliphatic rings. The van der Waals surface area contributed by atoms with Gasteiger partial charge in [0.2, 0.25) is 5.91 Å². The summed E-state index contributed by atoms with van der Waals surface area (Å²) in [5.74, 6) is 1.74. The number of carbonyl (C=O) groups excluding carboxylic acids is 1. The SMILES string of the molecule is CC(C(=O)NCCSCCCO)c1ccc2ccccc2c1. The van der Waals surface area contributed by atoms with Crippen LogP contribution in [0.1, 0.15) is 24.8 Å². The van der Waals surface area contributed by atoms with Crippen molar-refractivity contribution >= 4 is 28.4 Å². The number of benzene rings is 2. The van der Waals surface area contributed by atoms with Crippen LogP contribution in [0, 0.1) is 0 Å². The maximum atomic E-state index is 12.2. The first kappa shape index (κ1) is 16.8. The highest BCUT2D eigenvalue weighted by molar-refractivity contribution is 7.99. The molecule has 2 aromatic carbocycles. The van der Waals surface area contributed by atoms with Gasteiger partial charge in [0, 0.05) is 18.9 Å². The molecular formula is C18H23NO2S. The Morgan fingerprint density at radius 1 is 1.18 bits per heavy atom. The van der Waals surface area contributed by atoms with Crippen LogP contribution in [-0.2, 0) is 4.79 Å². The zero-order chi connectivity index (χ0) is 15.8. The van der Waals surface area contributed by atoms with E-state index in [9.17, 15) is 4.79 Å². The quantitative estimate of drug-likeness (QED) is 0.735. The standard InChI is InChI=1S/C18H23NO2S/c1-14(18(21)19-9-12-22-11-4-10-20)16-8-7-15-5-2-3-6-17(15)13-16/h2-3,5-8,13-14,20H,4,9-12H2,1H3,(H,19,21). The molecule has 0 aliphatic carbocycles. The molecule has 0 spiro atoms. The Morgan fingerprint density at radius 2 is 1.95 bits per heavy atom. The highest BCUT2D eigenvalue weighted by Gasteiger charge is 2.14. The molecule has 0 saturated carbocycles. The molecule has 1 unspecified atom stereocenters. The van der Waals surface area contributed by atoms with Crippen molar-refractivity contribution in [2.45, 2.75) is 19.3 Å². The Labute approximate surface area is 136 Å². The summed E-state index contributed by atoms with van der Waals surface area (Å²) in [4.78, 5) is 12.2. The van der Waals surface area contributed by atoms with Gasteiger partial charge < -0.3 is 10.4 Å². The van der Waals surface area contributed by atoms with E-state index in [0.717, 1.165) is 23.5 Å². The van der Waals surface area contributed by atoms with Crippen LogP contribution < -0.4 is 5.32 Å². The largest absolute Gasteiger partial charge is 0.396 e. The van der Waals surface area contributed by atoms with E-state index in [-0.39, 0.29) is 18.4 Å². The zero-order valence-corrected chi connectivity index (χ0v) is 13.7. The monoisotopic (exact) mass is 317 g/mol. The Balaban J connectivity index is 1.86. The highest BCUT2D eigenvalue weighted by Crippen LogP contribution is 2.21. The Kier molecular flexibility index (Phi) is 6.74. The van der Waals surface area contributed by atoms with Gasteiger partial charge in [-0.3, -0.25) is 4.79 Å². The van der Waals surface area contributed by atoms with E-state index in [1.54, 1.807) is 11.8 Å². The van der Waals surface area contributed by atoms with Gasteiger partial charge in [-0.1, -0.05) is 42.5 Å². The van der Waals surface area contributed by atoms with Gasteiger partial charge in [0.05, 0.1) is 5.92 Å². The number of aliphatic hydroxyl groups is 1. The fourth-order valence-corrected chi connectivity index (χ4v) is 3.08. The number of fused-ring (bicyclic) bond motifs is 1. The molecule has 0 bridgehead atoms. The number of thioether (sulfide) groups is 1. The first-order chi connectivity index (χ1) is 10.7. The number of hydrogen-bond acceptors (Lipinski definition) is 3. The smallest absolute Gasteiger partial charge is 0.227 e. The van der Waals surface area contributed by atoms with Gasteiger partial charge in [-0.15, -0.1) is 0 Å². The van der Waals surface area contributed by atoms with Crippen LogP contribution >= 0.6 is 11.8 Å². The predicted octanol–water partition coefficient (Wildman–Crippen LogP) is 3.18. The number of hydrogen-bond donors (Lipinski definition) is 2. The third kappa shape index (κ3) is 4.75. The van der Waals surface area contributed by atoms with Gasteiger partial charge in [-0.05, 0) is 35.4 Å². The first-order valence-corrected chi connectivity index (χ1v) is 8.83. The van der Waals surface area contributed by atoms with E-state index in [0.29, 0.717) is 6.54 Å². The molecule has 2 rings (SSSR count). The van der Waals surface area contributed by atoms with E-state index >= 15 is 0 Å². The average molecular weight is 317 g/mol. The summed E-state index contributed by atoms with van der Waals surface area (Å²) in [5.41, 5.74) is 1.05. The van der Waals surface area contributed by atoms with Crippen molar-refractivity contribution < 1.29 is 9.90 Å². The average Bonchev–Trinajstić information content (AvgIpc) is 2.56. The molecule has 3 nitrogen and oxygen atoms in total. The van der Waals surface area contributed by atoms with E-state index in [4.69, 9.17) is 5.11 Å². The van der Waals surface area contributed by atoms with E-state index in [2.05, 4.69) is 29.6 Å². The van der Waals surface area contributed by atoms with Crippen molar-refractivity contribution in [3.63, 3.8) is 0 Å². The second-order valence-corrected chi connectivity index (χ2v) is 6.53. The minimum absolute atomic E-state index is 0.0676. The van der Waals surface area contributed by atoms with Gasteiger partial charge >= 0.3 is 0 Å². The third-order valence-electron chi connectivity index (χ3n) is 3.66. The number of nitrogens with one attached hydrogen (secondary N) is 1. The number of amides is 1. The van der Waals surface area contributed by atoms with Crippen LogP contribution in [0.5, 0.6) is 0 Å². The first-order valence-electron chi connectivity index (χ1n) is 7.67. The normalized spacial score (nSPS) is 12.3. The summed E-state index contributed by atoms with van der Waals surface area (Å²) in [5, 5.41) is 14.0. The molecule has 0 aliphatic heterocycles. The second kappa shape index (κ2) is 8.81. The Morgan fingerprint density at radius 3 is 2.73 bits per heavy atom. The number of aliphatic hydroxyl groups excluding tert-OH is 1. The van der Waals surface area contributed by atoms with Gasteiger partial charge in [0.15, 0.2) is 0 Å². The lowest BCUT2D eigenvalue weighted by Crippen LogP contribution is -2.29. The summed E-state index contributed by atoms with van der Waals surface area (Å²) >= 11 is 1.75. The molecule has 22 heavy (non-hydrogen) atoms. The fourth-order valence-electron chi connectivity index (χ4n) is 2.30. The number of rotatable bonds is 8. The summed E-state index contributed by atoms with van der Waals surface area (Å²) in [6, 6.07) is 14.4. The lowest BCUT2D eigenvalue weighted by molar-refractivity contribution is -0.122. The summed E-state index contributed by atoms with van der Waals surface area (Å²) < 4.78 is 0. The van der Waals surface area contributed by atoms with Crippen molar-refractivity contribution in [1.29, 1.82) is 0 Å². The molecule has 118 valence electrons. The summed E-state index contributed by atoms with van der Waals surface area (Å²) in [6.07, 6.45) is 0.812. The van der Waals surface area contributed by atoms with Crippen LogP contribution in [-0.4, -0.2) is 35.7 Å². The van der Waals surface area contributed by atoms with Gasteiger partial charge in [-0.25, -0.2) is 0 Å². The highest BCUT2D eigenvalue weighted by atomic mass is 32.2. The van der Waals surface area contributed by atoms with Crippen LogP contribution in [0.2, 0.25) is 0 Å². The molecule has 4 heteroatoms. The molecular weight excluding hydrogens is 294 g/mol. The van der Waals surface area contributed by atoms with Crippen LogP contribution in [0.15, 0.2) is 42.5 Å². The summed E-state index contributed by atoms with van der Waals surface area (Å²) in [6.45, 7) is 2.85. The number of carbonyl (C=O) groups is 1. The zero-order valence-electron chi connectivity index (χ0n) is 12.9. The molecule has 0 heterocycles. The molecule has 0 aromatic heterocycles. The van der Waals surface area contributed by atoms with E-state index in [1.165, 1.54) is 10.8 Å². The second-order valence-electron chi connectivity index (χ2n) is 5.31. The van der Waals surface area contributed by atoms with Gasteiger partial charge in [-0.2, -0.15) is 11.8 Å². The van der Waals surface area contributed by atoms with E-state index in [1.807, 2.05) is 25.1 Å². The minimum Gasteiger partial charge on any atom is -0.396 e. The van der Waals surface area contributed by atoms with Gasteiger partial charge in [0.25, 0.3) is 0 Å². The molecule has 2 aromatic rings. The molecule has 0 saturated heterocycles. The third-order valence-corrected chi connectivity index (χ3v) is 4.73. The van der Waals surface area contributed by atoms with Crippen molar-refractivity contribution in [2.75, 3.05) is 24.7 Å². The predicted molar refractivity (Wildman–Crippen MR) is 94.4 cm³/mol. The van der Waals surface area contributed by atoms with E-state index < -0.39 is 0 Å². The van der Waals surface area contributed by atoms with Crippen molar-refractivity contribution in [3.05, 3.63) is 48.0 Å². The lowest BCUT2D eigenvalue weighted by Gasteiger charge is -2.13. The maximum Gasteiger partial charge on any atom is 0.227 e. The van der Waals surface area contributed by atoms with Gasteiger partial charge in [0.1, 0.15) is 0 Å². The minimum atomic E-state index is -0.146. The Bertz CT molecular complexity index is 615. The van der Waals surface area contributed by atoms with Crippen LogP contribution in [0.3, 0.4) is 0 Å². The molecule has 1 atom stereocenters. The lowest BCUT2D eigenvalue weighted by atomic mass is 9.97. The molecule has 2 N–H and O–H groups in total. The fraction of sp³-hybridized carbons (Fsp3) is 0.389. The summed E-state index contributed by atoms with van der Waals surface area (Å²) in [7, 11) is 0. The molecule has 1 amide bonds. The Hall–Kier alpha value is -1.52. The van der Waals surface area contributed by atoms with Crippen molar-refractivity contribution in [1.82, 2.24) is 5.32 Å². The van der Waals surface area contributed by atoms with Crippen LogP contribution in [0.4, 0.5) is 0 Å². The topological polar surface area (TPSA) is 49.3 Å². The maximum absolute atomic E-state index is 12.2. The van der Waals surface area contributed by atoms with Crippen LogP contribution in [0.25, 0.3) is 10.8 Å².